The number of nitrogens with two attached hydrogens (primary N) is 1. The molecule has 0 aliphatic carbocycles. The van der Waals surface area contributed by atoms with Gasteiger partial charge in [-0.3, -0.25) is 9.52 Å². The lowest BCUT2D eigenvalue weighted by Crippen LogP contribution is -2.36. The Kier molecular flexibility index (Phi) is 5.68. The van der Waals surface area contributed by atoms with E-state index < -0.39 is 27.8 Å². The molecule has 0 aliphatic heterocycles. The van der Waals surface area contributed by atoms with Crippen molar-refractivity contribution in [1.82, 2.24) is 0 Å². The number of rotatable bonds is 6. The van der Waals surface area contributed by atoms with Crippen molar-refractivity contribution in [3.05, 3.63) is 24.0 Å². The van der Waals surface area contributed by atoms with Gasteiger partial charge in [-0.25, -0.2) is 12.8 Å². The maximum atomic E-state index is 13.5. The Morgan fingerprint density at radius 2 is 2.00 bits per heavy atom. The average molecular weight is 317 g/mol. The highest BCUT2D eigenvalue weighted by atomic mass is 32.2. The van der Waals surface area contributed by atoms with Crippen LogP contribution in [0.4, 0.5) is 15.8 Å². The number of anilines is 2. The van der Waals surface area contributed by atoms with Crippen LogP contribution in [0.2, 0.25) is 0 Å². The zero-order chi connectivity index (χ0) is 16.2. The Labute approximate surface area is 124 Å². The molecule has 8 heteroatoms. The molecule has 21 heavy (non-hydrogen) atoms. The van der Waals surface area contributed by atoms with Gasteiger partial charge in [0, 0.05) is 5.69 Å². The van der Waals surface area contributed by atoms with Crippen molar-refractivity contribution in [3.8, 4) is 0 Å². The lowest BCUT2D eigenvalue weighted by atomic mass is 10.0. The molecule has 0 fully saturated rings. The molecule has 1 aromatic rings. The summed E-state index contributed by atoms with van der Waals surface area (Å²) in [5.74, 6) is -0.869. The van der Waals surface area contributed by atoms with Gasteiger partial charge in [-0.1, -0.05) is 13.8 Å². The van der Waals surface area contributed by atoms with Gasteiger partial charge in [0.1, 0.15) is 5.82 Å². The molecule has 0 bridgehead atoms. The van der Waals surface area contributed by atoms with Crippen molar-refractivity contribution < 1.29 is 17.6 Å². The number of benzene rings is 1. The van der Waals surface area contributed by atoms with Gasteiger partial charge in [-0.2, -0.15) is 0 Å². The molecule has 0 spiro atoms. The summed E-state index contributed by atoms with van der Waals surface area (Å²) in [4.78, 5) is 11.9. The predicted molar refractivity (Wildman–Crippen MR) is 80.9 cm³/mol. The van der Waals surface area contributed by atoms with Crippen molar-refractivity contribution in [2.75, 3.05) is 16.3 Å². The number of sulfonamides is 1. The second kappa shape index (κ2) is 6.86. The average Bonchev–Trinajstić information content (AvgIpc) is 2.30. The molecule has 0 aromatic heterocycles. The normalized spacial score (nSPS) is 13.0. The fraction of sp³-hybridized carbons (Fsp3) is 0.462. The SMILES string of the molecule is CC(C)C[C@H](N)C(=O)Nc1ccc(F)c(NS(C)(=O)=O)c1. The first-order valence-corrected chi connectivity index (χ1v) is 8.31. The first kappa shape index (κ1) is 17.4. The van der Waals surface area contributed by atoms with E-state index in [9.17, 15) is 17.6 Å². The summed E-state index contributed by atoms with van der Waals surface area (Å²) >= 11 is 0. The molecule has 4 N–H and O–H groups in total. The molecular formula is C13H20FN3O3S. The molecule has 0 saturated carbocycles. The van der Waals surface area contributed by atoms with Crippen LogP contribution in [0.15, 0.2) is 18.2 Å². The van der Waals surface area contributed by atoms with Gasteiger partial charge in [-0.05, 0) is 30.5 Å². The highest BCUT2D eigenvalue weighted by Crippen LogP contribution is 2.20. The largest absolute Gasteiger partial charge is 0.325 e. The second-order valence-corrected chi connectivity index (χ2v) is 7.04. The van der Waals surface area contributed by atoms with E-state index in [1.54, 1.807) is 0 Å². The third-order valence-corrected chi connectivity index (χ3v) is 3.18. The van der Waals surface area contributed by atoms with Crippen LogP contribution in [-0.2, 0) is 14.8 Å². The minimum Gasteiger partial charge on any atom is -0.325 e. The fourth-order valence-corrected chi connectivity index (χ4v) is 2.29. The zero-order valence-corrected chi connectivity index (χ0v) is 13.0. The second-order valence-electron chi connectivity index (χ2n) is 5.29. The van der Waals surface area contributed by atoms with Crippen LogP contribution in [0.1, 0.15) is 20.3 Å². The van der Waals surface area contributed by atoms with Gasteiger partial charge in [0.2, 0.25) is 15.9 Å². The smallest absolute Gasteiger partial charge is 0.241 e. The van der Waals surface area contributed by atoms with Crippen molar-refractivity contribution in [2.24, 2.45) is 11.7 Å². The Morgan fingerprint density at radius 3 is 2.52 bits per heavy atom. The summed E-state index contributed by atoms with van der Waals surface area (Å²) in [7, 11) is -3.60. The highest BCUT2D eigenvalue weighted by Gasteiger charge is 2.16. The topological polar surface area (TPSA) is 101 Å². The Morgan fingerprint density at radius 1 is 1.38 bits per heavy atom. The predicted octanol–water partition coefficient (Wildman–Crippen LogP) is 1.51. The van der Waals surface area contributed by atoms with Gasteiger partial charge in [0.25, 0.3) is 0 Å². The molecule has 0 heterocycles. The molecule has 118 valence electrons. The van der Waals surface area contributed by atoms with Gasteiger partial charge < -0.3 is 11.1 Å². The van der Waals surface area contributed by atoms with Crippen LogP contribution in [0.5, 0.6) is 0 Å². The molecule has 1 aromatic carbocycles. The molecule has 0 saturated heterocycles. The summed E-state index contributed by atoms with van der Waals surface area (Å²) in [5.41, 5.74) is 5.78. The van der Waals surface area contributed by atoms with E-state index in [1.165, 1.54) is 12.1 Å². The molecule has 0 radical (unpaired) electrons. The third-order valence-electron chi connectivity index (χ3n) is 2.59. The summed E-state index contributed by atoms with van der Waals surface area (Å²) < 4.78 is 37.8. The van der Waals surface area contributed by atoms with Crippen LogP contribution >= 0.6 is 0 Å². The summed E-state index contributed by atoms with van der Waals surface area (Å²) in [6.45, 7) is 3.89. The van der Waals surface area contributed by atoms with E-state index >= 15 is 0 Å². The standard InChI is InChI=1S/C13H20FN3O3S/c1-8(2)6-11(15)13(18)16-9-4-5-10(14)12(7-9)17-21(3,19)20/h4-5,7-8,11,17H,6,15H2,1-3H3,(H,16,18)/t11-/m0/s1. The van der Waals surface area contributed by atoms with Crippen LogP contribution < -0.4 is 15.8 Å². The van der Waals surface area contributed by atoms with E-state index in [0.717, 1.165) is 12.3 Å². The minimum atomic E-state index is -3.60. The van der Waals surface area contributed by atoms with Gasteiger partial charge >= 0.3 is 0 Å². The third kappa shape index (κ3) is 6.09. The van der Waals surface area contributed by atoms with Gasteiger partial charge in [0.15, 0.2) is 0 Å². The first-order valence-electron chi connectivity index (χ1n) is 6.42. The number of nitrogens with one attached hydrogen (secondary N) is 2. The molecule has 1 amide bonds. The molecule has 0 aliphatic rings. The number of carbonyl (C=O) groups excluding carboxylic acids is 1. The number of carbonyl (C=O) groups is 1. The Hall–Kier alpha value is -1.67. The van der Waals surface area contributed by atoms with E-state index in [4.69, 9.17) is 5.73 Å². The zero-order valence-electron chi connectivity index (χ0n) is 12.2. The molecule has 0 unspecified atom stereocenters. The van der Waals surface area contributed by atoms with Crippen molar-refractivity contribution in [2.45, 2.75) is 26.3 Å². The lowest BCUT2D eigenvalue weighted by Gasteiger charge is -2.15. The van der Waals surface area contributed by atoms with Crippen LogP contribution in [0.25, 0.3) is 0 Å². The van der Waals surface area contributed by atoms with Crippen LogP contribution in [-0.4, -0.2) is 26.6 Å². The summed E-state index contributed by atoms with van der Waals surface area (Å²) in [6, 6.07) is 2.93. The Balaban J connectivity index is 2.85. The molecule has 1 rings (SSSR count). The summed E-state index contributed by atoms with van der Waals surface area (Å²) in [6.07, 6.45) is 1.43. The van der Waals surface area contributed by atoms with Gasteiger partial charge in [0.05, 0.1) is 18.0 Å². The number of amides is 1. The van der Waals surface area contributed by atoms with Crippen molar-refractivity contribution in [1.29, 1.82) is 0 Å². The van der Waals surface area contributed by atoms with Crippen LogP contribution in [0, 0.1) is 11.7 Å². The van der Waals surface area contributed by atoms with Crippen molar-refractivity contribution in [3.63, 3.8) is 0 Å². The monoisotopic (exact) mass is 317 g/mol. The summed E-state index contributed by atoms with van der Waals surface area (Å²) in [5, 5.41) is 2.54. The fourth-order valence-electron chi connectivity index (χ4n) is 1.73. The quantitative estimate of drug-likeness (QED) is 0.740. The van der Waals surface area contributed by atoms with E-state index in [-0.39, 0.29) is 17.3 Å². The number of halogens is 1. The molecule has 1 atom stereocenters. The lowest BCUT2D eigenvalue weighted by molar-refractivity contribution is -0.117. The number of hydrogen-bond donors (Lipinski definition) is 3. The Bertz CT molecular complexity index is 617. The molecule has 6 nitrogen and oxygen atoms in total. The van der Waals surface area contributed by atoms with Gasteiger partial charge in [-0.15, -0.1) is 0 Å². The van der Waals surface area contributed by atoms with E-state index in [0.29, 0.717) is 6.42 Å². The number of hydrogen-bond acceptors (Lipinski definition) is 4. The maximum absolute atomic E-state index is 13.5. The molecular weight excluding hydrogens is 297 g/mol. The highest BCUT2D eigenvalue weighted by molar-refractivity contribution is 7.92. The van der Waals surface area contributed by atoms with Crippen LogP contribution in [0.3, 0.4) is 0 Å². The van der Waals surface area contributed by atoms with E-state index in [1.807, 2.05) is 18.6 Å². The van der Waals surface area contributed by atoms with E-state index in [2.05, 4.69) is 5.32 Å². The minimum absolute atomic E-state index is 0.229. The maximum Gasteiger partial charge on any atom is 0.241 e. The van der Waals surface area contributed by atoms with Crippen molar-refractivity contribution >= 4 is 27.3 Å². The first-order chi connectivity index (χ1) is 9.58.